The van der Waals surface area contributed by atoms with Crippen molar-refractivity contribution in [1.29, 1.82) is 0 Å². The molecule has 58 heavy (non-hydrogen) atoms. The number of phosphoric ester groups is 1. The van der Waals surface area contributed by atoms with Gasteiger partial charge in [-0.1, -0.05) is 103 Å². The molecule has 1 saturated heterocycles. The van der Waals surface area contributed by atoms with Gasteiger partial charge in [0.2, 0.25) is 0 Å². The Bertz CT molecular complexity index is 1900. The predicted molar refractivity (Wildman–Crippen MR) is 218 cm³/mol. The molecular formula is C40H64N5O11PS. The molecule has 3 aromatic heterocycles. The minimum absolute atomic E-state index is 0.0213. The van der Waals surface area contributed by atoms with Crippen molar-refractivity contribution in [2.45, 2.75) is 164 Å². The molecule has 18 heteroatoms. The van der Waals surface area contributed by atoms with Crippen molar-refractivity contribution in [3.8, 4) is 0 Å². The number of ether oxygens (including phenoxy) is 3. The number of hydrogen-bond acceptors (Lipinski definition) is 14. The Morgan fingerprint density at radius 2 is 1.59 bits per heavy atom. The summed E-state index contributed by atoms with van der Waals surface area (Å²) in [5.41, 5.74) is 3.83. The second kappa shape index (κ2) is 21.3. The number of unbranched alkanes of at least 4 members (excludes halogenated alkanes) is 15. The van der Waals surface area contributed by atoms with Gasteiger partial charge in [-0.25, -0.2) is 22.5 Å². The summed E-state index contributed by atoms with van der Waals surface area (Å²) in [6, 6.07) is 4.75. The van der Waals surface area contributed by atoms with E-state index in [4.69, 9.17) is 29.0 Å². The lowest BCUT2D eigenvalue weighted by Crippen LogP contribution is -2.46. The van der Waals surface area contributed by atoms with Crippen molar-refractivity contribution in [1.82, 2.24) is 19.6 Å². The van der Waals surface area contributed by atoms with Crippen LogP contribution < -0.4 is 5.73 Å². The minimum atomic E-state index is -4.84. The lowest BCUT2D eigenvalue weighted by molar-refractivity contribution is -0.127. The summed E-state index contributed by atoms with van der Waals surface area (Å²) in [5, 5.41) is 26.8. The van der Waals surface area contributed by atoms with Crippen molar-refractivity contribution in [2.24, 2.45) is 0 Å². The lowest BCUT2D eigenvalue weighted by Gasteiger charge is -2.32. The van der Waals surface area contributed by atoms with E-state index in [1.54, 1.807) is 19.1 Å². The molecule has 326 valence electrons. The Balaban J connectivity index is 1.04. The number of pyridine rings is 1. The van der Waals surface area contributed by atoms with E-state index in [1.165, 1.54) is 113 Å². The van der Waals surface area contributed by atoms with Gasteiger partial charge in [0.25, 0.3) is 0 Å². The number of nitrogens with zero attached hydrogens (tertiary/aromatic N) is 4. The van der Waals surface area contributed by atoms with Gasteiger partial charge in [-0.05, 0) is 37.1 Å². The van der Waals surface area contributed by atoms with Crippen LogP contribution in [-0.2, 0) is 49.9 Å². The second-order valence-corrected chi connectivity index (χ2v) is 19.4. The number of rotatable bonds is 29. The largest absolute Gasteiger partial charge is 0.472 e. The van der Waals surface area contributed by atoms with E-state index >= 15 is 0 Å². The van der Waals surface area contributed by atoms with Gasteiger partial charge in [0.1, 0.15) is 41.9 Å². The highest BCUT2D eigenvalue weighted by atomic mass is 32.2. The van der Waals surface area contributed by atoms with Crippen LogP contribution in [0.2, 0.25) is 0 Å². The zero-order valence-electron chi connectivity index (χ0n) is 34.2. The molecule has 16 nitrogen and oxygen atoms in total. The lowest BCUT2D eigenvalue weighted by atomic mass is 9.91. The molecule has 2 aliphatic rings. The molecule has 2 fully saturated rings. The summed E-state index contributed by atoms with van der Waals surface area (Å²) in [6.07, 6.45) is 20.3. The molecule has 3 aromatic rings. The van der Waals surface area contributed by atoms with Crippen LogP contribution in [0, 0.1) is 0 Å². The number of hydrogen-bond donors (Lipinski definition) is 4. The van der Waals surface area contributed by atoms with Crippen molar-refractivity contribution >= 4 is 29.0 Å². The highest BCUT2D eigenvalue weighted by molar-refractivity contribution is 7.90. The fourth-order valence-electron chi connectivity index (χ4n) is 7.66. The van der Waals surface area contributed by atoms with E-state index in [0.29, 0.717) is 23.4 Å². The average molecular weight is 854 g/mol. The van der Waals surface area contributed by atoms with Crippen molar-refractivity contribution in [3.05, 3.63) is 48.2 Å². The van der Waals surface area contributed by atoms with Crippen LogP contribution in [0.4, 0.5) is 5.82 Å². The summed E-state index contributed by atoms with van der Waals surface area (Å²) in [7, 11) is -8.34. The maximum absolute atomic E-state index is 13.2. The molecule has 0 radical (unpaired) electrons. The normalized spacial score (nSPS) is 24.6. The molecule has 0 aromatic carbocycles. The van der Waals surface area contributed by atoms with Gasteiger partial charge < -0.3 is 35.1 Å². The number of aromatic nitrogens is 4. The van der Waals surface area contributed by atoms with Crippen LogP contribution in [0.25, 0.3) is 5.52 Å². The summed E-state index contributed by atoms with van der Waals surface area (Å²) in [4.78, 5) is 18.7. The third-order valence-electron chi connectivity index (χ3n) is 11.2. The Kier molecular flexibility index (Phi) is 17.1. The van der Waals surface area contributed by atoms with Crippen LogP contribution in [0.1, 0.15) is 128 Å². The summed E-state index contributed by atoms with van der Waals surface area (Å²) in [5.74, 6) is 0.216. The van der Waals surface area contributed by atoms with Gasteiger partial charge in [-0.3, -0.25) is 14.0 Å². The van der Waals surface area contributed by atoms with E-state index in [-0.39, 0.29) is 23.9 Å². The number of aliphatic hydroxyl groups excluding tert-OH is 1. The van der Waals surface area contributed by atoms with Crippen LogP contribution in [0.5, 0.6) is 0 Å². The van der Waals surface area contributed by atoms with Crippen molar-refractivity contribution in [3.63, 3.8) is 0 Å². The van der Waals surface area contributed by atoms with Crippen molar-refractivity contribution < 1.29 is 51.3 Å². The topological polar surface area (TPSA) is 227 Å². The fraction of sp³-hybridized carbons (Fsp3) is 0.725. The first-order valence-corrected chi connectivity index (χ1v) is 24.3. The van der Waals surface area contributed by atoms with Crippen LogP contribution >= 0.6 is 7.82 Å². The summed E-state index contributed by atoms with van der Waals surface area (Å²) in [6.45, 7) is 3.79. The van der Waals surface area contributed by atoms with Gasteiger partial charge in [-0.15, -0.1) is 0 Å². The van der Waals surface area contributed by atoms with Gasteiger partial charge in [0.15, 0.2) is 21.3 Å². The number of nitrogen functional groups attached to an aromatic ring is 1. The van der Waals surface area contributed by atoms with Gasteiger partial charge >= 0.3 is 7.82 Å². The Hall–Kier alpha value is -2.57. The molecule has 0 amide bonds. The smallest absolute Gasteiger partial charge is 0.386 e. The number of aliphatic hydroxyl groups is 2. The van der Waals surface area contributed by atoms with E-state index in [2.05, 4.69) is 22.0 Å². The Morgan fingerprint density at radius 1 is 0.966 bits per heavy atom. The first-order valence-electron chi connectivity index (χ1n) is 20.9. The Morgan fingerprint density at radius 3 is 2.17 bits per heavy atom. The predicted octanol–water partition coefficient (Wildman–Crippen LogP) is 6.20. The zero-order chi connectivity index (χ0) is 41.8. The minimum Gasteiger partial charge on any atom is -0.386 e. The monoisotopic (exact) mass is 853 g/mol. The summed E-state index contributed by atoms with van der Waals surface area (Å²) < 4.78 is 67.3. The van der Waals surface area contributed by atoms with Crippen LogP contribution in [0.3, 0.4) is 0 Å². The molecule has 0 bridgehead atoms. The molecular weight excluding hydrogens is 790 g/mol. The van der Waals surface area contributed by atoms with Crippen LogP contribution in [-0.4, -0.2) is 99.2 Å². The van der Waals surface area contributed by atoms with E-state index < -0.39 is 59.9 Å². The molecule has 7 atom stereocenters. The number of nitrogens with two attached hydrogens (primary N) is 1. The maximum atomic E-state index is 13.2. The number of phosphoric acid groups is 1. The molecule has 2 unspecified atom stereocenters. The quantitative estimate of drug-likeness (QED) is 0.0451. The number of fused-ring (bicyclic) bond motifs is 2. The zero-order valence-corrected chi connectivity index (χ0v) is 36.0. The molecule has 5 rings (SSSR count). The molecule has 1 saturated carbocycles. The third-order valence-corrected chi connectivity index (χ3v) is 13.2. The van der Waals surface area contributed by atoms with Gasteiger partial charge in [0.05, 0.1) is 30.4 Å². The highest BCUT2D eigenvalue weighted by Crippen LogP contribution is 2.63. The standard InChI is InChI=1S/C40H64N5O11PS/c1-4-5-6-7-8-9-10-11-12-13-14-15-16-17-18-19-22-52-27-31(53-26-30-23-32(25-42-24-30)58(3,50)51)28-54-57(48,49)56-36-35-40(36,47)38(46)39(2,55-35)34-21-20-33-37(41)43-29-44-45(33)34/h20-21,23-25,29,31,35-36,38,46-47H,4-19,22,26-28H2,1-3H3,(H,48,49)(H2,41,43,44)/t31-,35-,36?,38+,39+,40+/m1/s1. The first-order chi connectivity index (χ1) is 27.7. The first kappa shape index (κ1) is 46.5. The molecule has 1 aliphatic heterocycles. The third kappa shape index (κ3) is 12.3. The van der Waals surface area contributed by atoms with E-state index in [1.807, 2.05) is 0 Å². The summed E-state index contributed by atoms with van der Waals surface area (Å²) >= 11 is 0. The highest BCUT2D eigenvalue weighted by Gasteiger charge is 2.82. The van der Waals surface area contributed by atoms with Crippen molar-refractivity contribution in [2.75, 3.05) is 31.8 Å². The Labute approximate surface area is 342 Å². The van der Waals surface area contributed by atoms with E-state index in [0.717, 1.165) is 25.5 Å². The number of sulfone groups is 1. The molecule has 4 heterocycles. The molecule has 1 aliphatic carbocycles. The maximum Gasteiger partial charge on any atom is 0.472 e. The van der Waals surface area contributed by atoms with Gasteiger partial charge in [-0.2, -0.15) is 5.10 Å². The van der Waals surface area contributed by atoms with Crippen LogP contribution in [0.15, 0.2) is 41.8 Å². The van der Waals surface area contributed by atoms with E-state index in [9.17, 15) is 28.1 Å². The molecule has 0 spiro atoms. The number of anilines is 1. The molecule has 5 N–H and O–H groups in total. The average Bonchev–Trinajstić information content (AvgIpc) is 3.43. The second-order valence-electron chi connectivity index (χ2n) is 16.0. The van der Waals surface area contributed by atoms with Gasteiger partial charge in [0, 0.05) is 25.3 Å². The SMILES string of the molecule is CCCCCCCCCCCCCCCCCCOC[C@H](COP(=O)(O)OC1[C@H]2O[C@@](C)(c3ccc4c(N)ncnn34)[C@H](O)[C@@]12O)OCc1cncc(S(C)(=O)=O)c1. The fourth-order valence-corrected chi connectivity index (χ4v) is 9.26.